The van der Waals surface area contributed by atoms with Crippen LogP contribution in [0.2, 0.25) is 0 Å². The fourth-order valence-corrected chi connectivity index (χ4v) is 4.54. The predicted molar refractivity (Wildman–Crippen MR) is 117 cm³/mol. The number of aromatic nitrogens is 2. The molecule has 4 rings (SSSR count). The van der Waals surface area contributed by atoms with E-state index >= 15 is 0 Å². The Balaban J connectivity index is 1.47. The molecule has 158 valence electrons. The highest BCUT2D eigenvalue weighted by atomic mass is 32.2. The fourth-order valence-electron chi connectivity index (χ4n) is 3.26. The molecule has 0 unspecified atom stereocenters. The highest BCUT2D eigenvalue weighted by Gasteiger charge is 2.19. The number of hydrogen-bond donors (Lipinski definition) is 2. The first-order valence-electron chi connectivity index (χ1n) is 9.58. The monoisotopic (exact) mass is 435 g/mol. The van der Waals surface area contributed by atoms with Crippen molar-refractivity contribution < 1.29 is 17.9 Å². The van der Waals surface area contributed by atoms with Gasteiger partial charge in [0.15, 0.2) is 0 Å². The van der Waals surface area contributed by atoms with Crippen LogP contribution >= 0.6 is 0 Å². The van der Waals surface area contributed by atoms with Crippen LogP contribution in [0.4, 0.5) is 0 Å². The lowest BCUT2D eigenvalue weighted by atomic mass is 10.2. The van der Waals surface area contributed by atoms with Gasteiger partial charge in [0.1, 0.15) is 11.4 Å². The molecule has 4 aromatic rings. The number of sulfone groups is 1. The minimum atomic E-state index is -3.67. The Morgan fingerprint density at radius 3 is 2.52 bits per heavy atom. The Morgan fingerprint density at radius 2 is 1.81 bits per heavy atom. The Labute approximate surface area is 180 Å². The molecule has 7 nitrogen and oxygen atoms in total. The number of nitrogens with zero attached hydrogens (tertiary/aromatic N) is 1. The summed E-state index contributed by atoms with van der Waals surface area (Å²) >= 11 is 0. The third kappa shape index (κ3) is 4.15. The molecule has 0 aliphatic rings. The van der Waals surface area contributed by atoms with Gasteiger partial charge in [-0.25, -0.2) is 8.42 Å². The Morgan fingerprint density at radius 1 is 1.06 bits per heavy atom. The van der Waals surface area contributed by atoms with Crippen LogP contribution in [-0.4, -0.2) is 31.4 Å². The minimum absolute atomic E-state index is 0.171. The number of aromatic amines is 1. The summed E-state index contributed by atoms with van der Waals surface area (Å²) in [6.07, 6.45) is 3.34. The van der Waals surface area contributed by atoms with Crippen LogP contribution in [0.15, 0.2) is 76.8 Å². The van der Waals surface area contributed by atoms with Gasteiger partial charge in [0.05, 0.1) is 16.9 Å². The van der Waals surface area contributed by atoms with Crippen molar-refractivity contribution in [2.75, 3.05) is 7.11 Å². The summed E-state index contributed by atoms with van der Waals surface area (Å²) in [4.78, 5) is 19.8. The minimum Gasteiger partial charge on any atom is -0.496 e. The molecule has 2 N–H and O–H groups in total. The van der Waals surface area contributed by atoms with Gasteiger partial charge in [-0.2, -0.15) is 0 Å². The van der Waals surface area contributed by atoms with E-state index in [9.17, 15) is 13.2 Å². The lowest BCUT2D eigenvalue weighted by Crippen LogP contribution is -2.23. The second-order valence-electron chi connectivity index (χ2n) is 7.11. The maximum absolute atomic E-state index is 12.9. The Bertz CT molecular complexity index is 1330. The summed E-state index contributed by atoms with van der Waals surface area (Å²) in [5.74, 6) is 0.271. The van der Waals surface area contributed by atoms with E-state index in [4.69, 9.17) is 4.74 Å². The number of methoxy groups -OCH3 is 1. The van der Waals surface area contributed by atoms with Crippen molar-refractivity contribution in [3.05, 3.63) is 83.8 Å². The summed E-state index contributed by atoms with van der Waals surface area (Å²) in [6.45, 7) is 2.12. The van der Waals surface area contributed by atoms with Crippen LogP contribution in [0.1, 0.15) is 21.6 Å². The van der Waals surface area contributed by atoms with Gasteiger partial charge in [-0.1, -0.05) is 18.2 Å². The van der Waals surface area contributed by atoms with Crippen LogP contribution < -0.4 is 10.1 Å². The van der Waals surface area contributed by atoms with E-state index in [1.807, 2.05) is 6.92 Å². The molecule has 1 amide bonds. The van der Waals surface area contributed by atoms with E-state index in [0.29, 0.717) is 11.4 Å². The molecule has 0 saturated carbocycles. The normalized spacial score (nSPS) is 11.4. The van der Waals surface area contributed by atoms with Gasteiger partial charge in [-0.15, -0.1) is 0 Å². The summed E-state index contributed by atoms with van der Waals surface area (Å²) in [5.41, 5.74) is 2.92. The molecule has 2 aromatic carbocycles. The molecular weight excluding hydrogens is 414 g/mol. The average Bonchev–Trinajstić information content (AvgIpc) is 3.22. The van der Waals surface area contributed by atoms with E-state index in [1.165, 1.54) is 25.3 Å². The third-order valence-electron chi connectivity index (χ3n) is 5.04. The molecule has 8 heteroatoms. The lowest BCUT2D eigenvalue weighted by molar-refractivity contribution is 0.0946. The number of carbonyl (C=O) groups is 1. The zero-order valence-corrected chi connectivity index (χ0v) is 17.9. The SMILES string of the molecule is COc1cc(S(=O)(=O)c2ccc(CNC(=O)c3cc4cnccc4[nH]3)cc2)ccc1C. The van der Waals surface area contributed by atoms with Crippen molar-refractivity contribution in [2.45, 2.75) is 23.3 Å². The number of carbonyl (C=O) groups excluding carboxylic acids is 1. The highest BCUT2D eigenvalue weighted by Crippen LogP contribution is 2.27. The quantitative estimate of drug-likeness (QED) is 0.482. The van der Waals surface area contributed by atoms with Crippen LogP contribution in [0.3, 0.4) is 0 Å². The van der Waals surface area contributed by atoms with Crippen molar-refractivity contribution in [3.63, 3.8) is 0 Å². The number of rotatable bonds is 6. The molecule has 0 saturated heterocycles. The third-order valence-corrected chi connectivity index (χ3v) is 6.81. The molecule has 0 bridgehead atoms. The first-order valence-corrected chi connectivity index (χ1v) is 11.1. The summed E-state index contributed by atoms with van der Waals surface area (Å²) in [7, 11) is -2.16. The number of pyridine rings is 1. The summed E-state index contributed by atoms with van der Waals surface area (Å²) in [6, 6.07) is 14.8. The van der Waals surface area contributed by atoms with E-state index < -0.39 is 9.84 Å². The first kappa shape index (κ1) is 20.6. The largest absolute Gasteiger partial charge is 0.496 e. The molecule has 0 aliphatic carbocycles. The van der Waals surface area contributed by atoms with E-state index in [1.54, 1.807) is 48.8 Å². The molecule has 0 atom stereocenters. The van der Waals surface area contributed by atoms with Crippen LogP contribution in [-0.2, 0) is 16.4 Å². The number of aryl methyl sites for hydroxylation is 1. The van der Waals surface area contributed by atoms with Crippen LogP contribution in [0.25, 0.3) is 10.9 Å². The fraction of sp³-hybridized carbons (Fsp3) is 0.130. The Hall–Kier alpha value is -3.65. The number of hydrogen-bond acceptors (Lipinski definition) is 5. The maximum atomic E-state index is 12.9. The number of ether oxygens (including phenoxy) is 1. The highest BCUT2D eigenvalue weighted by molar-refractivity contribution is 7.91. The predicted octanol–water partition coefficient (Wildman–Crippen LogP) is 3.64. The van der Waals surface area contributed by atoms with Gasteiger partial charge in [0, 0.05) is 29.8 Å². The molecule has 0 fully saturated rings. The number of fused-ring (bicyclic) bond motifs is 1. The van der Waals surface area contributed by atoms with Crippen LogP contribution in [0.5, 0.6) is 5.75 Å². The van der Waals surface area contributed by atoms with Gasteiger partial charge < -0.3 is 15.0 Å². The van der Waals surface area contributed by atoms with Gasteiger partial charge in [-0.3, -0.25) is 9.78 Å². The molecule has 31 heavy (non-hydrogen) atoms. The van der Waals surface area contributed by atoms with Crippen molar-refractivity contribution >= 4 is 26.6 Å². The smallest absolute Gasteiger partial charge is 0.267 e. The zero-order valence-electron chi connectivity index (χ0n) is 17.0. The van der Waals surface area contributed by atoms with Crippen molar-refractivity contribution in [1.29, 1.82) is 0 Å². The number of H-pyrrole nitrogens is 1. The van der Waals surface area contributed by atoms with Gasteiger partial charge in [0.2, 0.25) is 9.84 Å². The second kappa shape index (κ2) is 8.23. The average molecular weight is 436 g/mol. The van der Waals surface area contributed by atoms with E-state index in [-0.39, 0.29) is 22.2 Å². The van der Waals surface area contributed by atoms with Crippen LogP contribution in [0, 0.1) is 6.92 Å². The molecular formula is C23H21N3O4S. The summed E-state index contributed by atoms with van der Waals surface area (Å²) < 4.78 is 31.1. The zero-order chi connectivity index (χ0) is 22.0. The standard InChI is InChI=1S/C23H21N3O4S/c1-15-3-6-19(12-22(15)30-2)31(28,29)18-7-4-16(5-8-18)13-25-23(27)21-11-17-14-24-10-9-20(17)26-21/h3-12,14,26H,13H2,1-2H3,(H,25,27). The number of benzene rings is 2. The van der Waals surface area contributed by atoms with Gasteiger partial charge in [-0.05, 0) is 54.4 Å². The van der Waals surface area contributed by atoms with Crippen molar-refractivity contribution in [3.8, 4) is 5.75 Å². The van der Waals surface area contributed by atoms with Crippen molar-refractivity contribution in [1.82, 2.24) is 15.3 Å². The molecule has 0 radical (unpaired) electrons. The number of amides is 1. The second-order valence-corrected chi connectivity index (χ2v) is 9.06. The topological polar surface area (TPSA) is 101 Å². The Kier molecular flexibility index (Phi) is 5.48. The van der Waals surface area contributed by atoms with E-state index in [0.717, 1.165) is 22.0 Å². The van der Waals surface area contributed by atoms with E-state index in [2.05, 4.69) is 15.3 Å². The maximum Gasteiger partial charge on any atom is 0.267 e. The lowest BCUT2D eigenvalue weighted by Gasteiger charge is -2.10. The first-order chi connectivity index (χ1) is 14.9. The van der Waals surface area contributed by atoms with Gasteiger partial charge in [0.25, 0.3) is 5.91 Å². The van der Waals surface area contributed by atoms with Gasteiger partial charge >= 0.3 is 0 Å². The number of nitrogens with one attached hydrogen (secondary N) is 2. The molecule has 0 aliphatic heterocycles. The molecule has 2 aromatic heterocycles. The molecule has 0 spiro atoms. The molecule has 2 heterocycles. The van der Waals surface area contributed by atoms with Crippen molar-refractivity contribution in [2.24, 2.45) is 0 Å². The summed E-state index contributed by atoms with van der Waals surface area (Å²) in [5, 5.41) is 3.69.